The van der Waals surface area contributed by atoms with E-state index in [-0.39, 0.29) is 43.0 Å². The zero-order valence-electron chi connectivity index (χ0n) is 17.4. The number of amides is 4. The molecule has 8 heteroatoms. The average Bonchev–Trinajstić information content (AvgIpc) is 2.72. The van der Waals surface area contributed by atoms with Gasteiger partial charge in [0.05, 0.1) is 6.54 Å². The van der Waals surface area contributed by atoms with Crippen molar-refractivity contribution in [1.29, 1.82) is 0 Å². The number of benzene rings is 1. The number of hydrogen-bond acceptors (Lipinski definition) is 4. The van der Waals surface area contributed by atoms with Crippen LogP contribution in [0.3, 0.4) is 0 Å². The molecule has 1 heterocycles. The van der Waals surface area contributed by atoms with Crippen LogP contribution in [0.25, 0.3) is 0 Å². The number of nitrogens with zero attached hydrogens (tertiary/aromatic N) is 3. The molecule has 0 bridgehead atoms. The Hall–Kier alpha value is -2.90. The molecule has 0 saturated carbocycles. The lowest BCUT2D eigenvalue weighted by atomic mass is 10.1. The van der Waals surface area contributed by atoms with Gasteiger partial charge in [0.15, 0.2) is 0 Å². The molecule has 0 unspecified atom stereocenters. The lowest BCUT2D eigenvalue weighted by molar-refractivity contribution is -0.140. The van der Waals surface area contributed by atoms with E-state index in [9.17, 15) is 19.2 Å². The van der Waals surface area contributed by atoms with Crippen LogP contribution in [0, 0.1) is 0 Å². The Labute approximate surface area is 171 Å². The number of carbonyl (C=O) groups is 4. The summed E-state index contributed by atoms with van der Waals surface area (Å²) < 4.78 is 0. The molecule has 0 atom stereocenters. The maximum atomic E-state index is 12.3. The molecule has 1 aliphatic rings. The molecular formula is C21H30N4O4. The second-order valence-electron chi connectivity index (χ2n) is 7.20. The van der Waals surface area contributed by atoms with Gasteiger partial charge in [-0.15, -0.1) is 0 Å². The molecule has 1 N–H and O–H groups in total. The standard InChI is InChI=1S/C21H30N4O4/c1-4-17-7-5-6-8-18(17)22-19(27)15-23(3)20(28)9-10-21(29)25-13-11-24(12-14-25)16(2)26/h5-8H,4,9-15H2,1-3H3,(H,22,27). The van der Waals surface area contributed by atoms with E-state index in [4.69, 9.17) is 0 Å². The Bertz CT molecular complexity index is 757. The van der Waals surface area contributed by atoms with Crippen LogP contribution in [-0.4, -0.2) is 78.1 Å². The van der Waals surface area contributed by atoms with E-state index in [0.29, 0.717) is 26.2 Å². The summed E-state index contributed by atoms with van der Waals surface area (Å²) in [6.45, 7) is 5.48. The Balaban J connectivity index is 1.75. The largest absolute Gasteiger partial charge is 0.339 e. The summed E-state index contributed by atoms with van der Waals surface area (Å²) in [5.74, 6) is -0.613. The van der Waals surface area contributed by atoms with Crippen molar-refractivity contribution in [3.05, 3.63) is 29.8 Å². The number of aryl methyl sites for hydroxylation is 1. The minimum atomic E-state index is -0.270. The summed E-state index contributed by atoms with van der Waals surface area (Å²) in [7, 11) is 1.56. The molecule has 1 saturated heterocycles. The van der Waals surface area contributed by atoms with Gasteiger partial charge >= 0.3 is 0 Å². The number of hydrogen-bond donors (Lipinski definition) is 1. The van der Waals surface area contributed by atoms with E-state index < -0.39 is 0 Å². The minimum Gasteiger partial charge on any atom is -0.339 e. The molecule has 2 rings (SSSR count). The van der Waals surface area contributed by atoms with Crippen molar-refractivity contribution in [1.82, 2.24) is 14.7 Å². The van der Waals surface area contributed by atoms with Gasteiger partial charge in [-0.2, -0.15) is 0 Å². The number of rotatable bonds is 7. The van der Waals surface area contributed by atoms with Crippen molar-refractivity contribution in [2.75, 3.05) is 45.1 Å². The van der Waals surface area contributed by atoms with Gasteiger partial charge in [-0.1, -0.05) is 25.1 Å². The normalized spacial score (nSPS) is 13.8. The molecule has 158 valence electrons. The molecule has 1 aromatic rings. The van der Waals surface area contributed by atoms with Gasteiger partial charge in [0.1, 0.15) is 0 Å². The van der Waals surface area contributed by atoms with E-state index in [1.54, 1.807) is 16.8 Å². The summed E-state index contributed by atoms with van der Waals surface area (Å²) in [6.07, 6.45) is 0.957. The Morgan fingerprint density at radius 2 is 1.62 bits per heavy atom. The van der Waals surface area contributed by atoms with E-state index >= 15 is 0 Å². The smallest absolute Gasteiger partial charge is 0.243 e. The van der Waals surface area contributed by atoms with E-state index in [1.165, 1.54) is 11.8 Å². The first-order chi connectivity index (χ1) is 13.8. The fraction of sp³-hybridized carbons (Fsp3) is 0.524. The highest BCUT2D eigenvalue weighted by atomic mass is 16.2. The van der Waals surface area contributed by atoms with E-state index in [2.05, 4.69) is 5.32 Å². The van der Waals surface area contributed by atoms with Crippen molar-refractivity contribution in [3.63, 3.8) is 0 Å². The molecule has 0 spiro atoms. The monoisotopic (exact) mass is 402 g/mol. The maximum absolute atomic E-state index is 12.3. The van der Waals surface area contributed by atoms with Crippen molar-refractivity contribution in [2.24, 2.45) is 0 Å². The van der Waals surface area contributed by atoms with Crippen LogP contribution >= 0.6 is 0 Å². The van der Waals surface area contributed by atoms with Crippen LogP contribution in [0.4, 0.5) is 5.69 Å². The quantitative estimate of drug-likeness (QED) is 0.740. The Morgan fingerprint density at radius 1 is 1.00 bits per heavy atom. The number of nitrogens with one attached hydrogen (secondary N) is 1. The summed E-state index contributed by atoms with van der Waals surface area (Å²) in [6, 6.07) is 7.56. The van der Waals surface area contributed by atoms with Gasteiger partial charge < -0.3 is 20.0 Å². The molecule has 0 aliphatic carbocycles. The van der Waals surface area contributed by atoms with Crippen LogP contribution in [0.1, 0.15) is 32.3 Å². The first kappa shape index (κ1) is 22.4. The highest BCUT2D eigenvalue weighted by Gasteiger charge is 2.23. The number of para-hydroxylation sites is 1. The fourth-order valence-electron chi connectivity index (χ4n) is 3.28. The lowest BCUT2D eigenvalue weighted by Crippen LogP contribution is -2.50. The Morgan fingerprint density at radius 3 is 2.24 bits per heavy atom. The van der Waals surface area contributed by atoms with Gasteiger partial charge in [0.2, 0.25) is 23.6 Å². The summed E-state index contributed by atoms with van der Waals surface area (Å²) in [5, 5.41) is 2.84. The SMILES string of the molecule is CCc1ccccc1NC(=O)CN(C)C(=O)CCC(=O)N1CCN(C(C)=O)CC1. The Kier molecular flexibility index (Phi) is 8.18. The second-order valence-corrected chi connectivity index (χ2v) is 7.20. The maximum Gasteiger partial charge on any atom is 0.243 e. The molecule has 1 aliphatic heterocycles. The average molecular weight is 402 g/mol. The molecule has 4 amide bonds. The minimum absolute atomic E-state index is 0.00809. The number of piperazine rings is 1. The van der Waals surface area contributed by atoms with E-state index in [0.717, 1.165) is 17.7 Å². The van der Waals surface area contributed by atoms with Gasteiger partial charge in [0, 0.05) is 58.7 Å². The summed E-state index contributed by atoms with van der Waals surface area (Å²) >= 11 is 0. The van der Waals surface area contributed by atoms with E-state index in [1.807, 2.05) is 31.2 Å². The van der Waals surface area contributed by atoms with Crippen LogP contribution in [-0.2, 0) is 25.6 Å². The number of likely N-dealkylation sites (N-methyl/N-ethyl adjacent to an activating group) is 1. The van der Waals surface area contributed by atoms with Gasteiger partial charge in [-0.05, 0) is 18.1 Å². The lowest BCUT2D eigenvalue weighted by Gasteiger charge is -2.34. The number of carbonyl (C=O) groups excluding carboxylic acids is 4. The van der Waals surface area contributed by atoms with Gasteiger partial charge in [-0.3, -0.25) is 19.2 Å². The molecule has 29 heavy (non-hydrogen) atoms. The predicted molar refractivity (Wildman–Crippen MR) is 110 cm³/mol. The topological polar surface area (TPSA) is 90.0 Å². The second kappa shape index (κ2) is 10.6. The third-order valence-electron chi connectivity index (χ3n) is 5.11. The van der Waals surface area contributed by atoms with Gasteiger partial charge in [-0.25, -0.2) is 0 Å². The van der Waals surface area contributed by atoms with Crippen molar-refractivity contribution < 1.29 is 19.2 Å². The predicted octanol–water partition coefficient (Wildman–Crippen LogP) is 1.12. The van der Waals surface area contributed by atoms with Crippen molar-refractivity contribution in [2.45, 2.75) is 33.1 Å². The highest BCUT2D eigenvalue weighted by Crippen LogP contribution is 2.15. The zero-order chi connectivity index (χ0) is 21.4. The van der Waals surface area contributed by atoms with Crippen molar-refractivity contribution >= 4 is 29.3 Å². The van der Waals surface area contributed by atoms with Crippen LogP contribution in [0.2, 0.25) is 0 Å². The first-order valence-corrected chi connectivity index (χ1v) is 9.96. The molecule has 1 fully saturated rings. The van der Waals surface area contributed by atoms with Gasteiger partial charge in [0.25, 0.3) is 0 Å². The van der Waals surface area contributed by atoms with Crippen LogP contribution < -0.4 is 5.32 Å². The zero-order valence-corrected chi connectivity index (χ0v) is 17.4. The van der Waals surface area contributed by atoms with Crippen LogP contribution in [0.15, 0.2) is 24.3 Å². The number of anilines is 1. The summed E-state index contributed by atoms with van der Waals surface area (Å²) in [5.41, 5.74) is 1.78. The molecule has 8 nitrogen and oxygen atoms in total. The molecule has 0 radical (unpaired) electrons. The van der Waals surface area contributed by atoms with Crippen molar-refractivity contribution in [3.8, 4) is 0 Å². The first-order valence-electron chi connectivity index (χ1n) is 9.96. The fourth-order valence-corrected chi connectivity index (χ4v) is 3.28. The third kappa shape index (κ3) is 6.58. The van der Waals surface area contributed by atoms with Crippen LogP contribution in [0.5, 0.6) is 0 Å². The highest BCUT2D eigenvalue weighted by molar-refractivity contribution is 5.95. The summed E-state index contributed by atoms with van der Waals surface area (Å²) in [4.78, 5) is 52.9. The third-order valence-corrected chi connectivity index (χ3v) is 5.11. The molecule has 1 aromatic carbocycles. The molecule has 0 aromatic heterocycles. The molecular weight excluding hydrogens is 372 g/mol.